The molecule has 0 spiro atoms. The van der Waals surface area contributed by atoms with Crippen LogP contribution in [-0.2, 0) is 26.8 Å². The number of carbonyl (C=O) groups is 2. The molecule has 0 aliphatic rings. The number of carboxylic acids is 1. The first-order chi connectivity index (χ1) is 11.0. The summed E-state index contributed by atoms with van der Waals surface area (Å²) in [5.41, 5.74) is 4.22. The molecule has 0 fully saturated rings. The normalized spacial score (nSPS) is 15.7. The van der Waals surface area contributed by atoms with Gasteiger partial charge in [0.25, 0.3) is 5.34 Å². The molecular formula is C14H16F3NO5P+. The van der Waals surface area contributed by atoms with E-state index < -0.39 is 49.8 Å². The van der Waals surface area contributed by atoms with E-state index >= 15 is 0 Å². The Morgan fingerprint density at radius 3 is 2.12 bits per heavy atom. The molecule has 0 aromatic heterocycles. The molecule has 0 saturated carbocycles. The number of rotatable bonds is 8. The van der Waals surface area contributed by atoms with Gasteiger partial charge in [-0.3, -0.25) is 9.59 Å². The van der Waals surface area contributed by atoms with Gasteiger partial charge >= 0.3 is 20.6 Å². The van der Waals surface area contributed by atoms with Crippen LogP contribution in [-0.4, -0.2) is 27.4 Å². The second-order valence-corrected chi connectivity index (χ2v) is 6.36. The second kappa shape index (κ2) is 7.72. The number of nitrogens with two attached hydrogens (primary N) is 1. The molecule has 10 heteroatoms. The van der Waals surface area contributed by atoms with E-state index in [1.807, 2.05) is 0 Å². The number of hydrogen-bond donors (Lipinski definition) is 3. The Balaban J connectivity index is 3.02. The number of amides is 1. The predicted octanol–water partition coefficient (Wildman–Crippen LogP) is 1.93. The fourth-order valence-corrected chi connectivity index (χ4v) is 2.89. The lowest BCUT2D eigenvalue weighted by atomic mass is 9.91. The Morgan fingerprint density at radius 1 is 1.21 bits per heavy atom. The molecule has 1 rings (SSSR count). The maximum atomic E-state index is 12.5. The monoisotopic (exact) mass is 366 g/mol. The molecule has 4 N–H and O–H groups in total. The molecule has 0 heterocycles. The van der Waals surface area contributed by atoms with Gasteiger partial charge in [0, 0.05) is 12.8 Å². The van der Waals surface area contributed by atoms with Crippen molar-refractivity contribution in [3.05, 3.63) is 35.4 Å². The number of aliphatic carboxylic acids is 1. The average Bonchev–Trinajstić information content (AvgIpc) is 2.46. The minimum atomic E-state index is -4.53. The fourth-order valence-electron chi connectivity index (χ4n) is 2.21. The summed E-state index contributed by atoms with van der Waals surface area (Å²) in [6.07, 6.45) is -5.64. The zero-order chi connectivity index (χ0) is 18.5. The summed E-state index contributed by atoms with van der Waals surface area (Å²) in [7, 11) is -1.46. The van der Waals surface area contributed by atoms with E-state index in [0.717, 1.165) is 24.3 Å². The lowest BCUT2D eigenvalue weighted by Crippen LogP contribution is -2.40. The largest absolute Gasteiger partial charge is 0.481 e. The highest BCUT2D eigenvalue weighted by Gasteiger charge is 2.49. The number of carbonyl (C=O) groups excluding carboxylic acids is 1. The molecule has 132 valence electrons. The van der Waals surface area contributed by atoms with Crippen LogP contribution >= 0.6 is 8.46 Å². The number of aliphatic hydroxyl groups is 1. The van der Waals surface area contributed by atoms with Crippen molar-refractivity contribution >= 4 is 20.3 Å². The van der Waals surface area contributed by atoms with Gasteiger partial charge < -0.3 is 15.9 Å². The van der Waals surface area contributed by atoms with Gasteiger partial charge in [-0.25, -0.2) is 0 Å². The number of primary amides is 1. The molecule has 3 atom stereocenters. The highest BCUT2D eigenvalue weighted by atomic mass is 31.1. The summed E-state index contributed by atoms with van der Waals surface area (Å²) in [5.74, 6) is -3.82. The third-order valence-electron chi connectivity index (χ3n) is 3.49. The number of halogens is 3. The smallest absolute Gasteiger partial charge is 0.416 e. The van der Waals surface area contributed by atoms with Gasteiger partial charge in [-0.05, 0) is 24.1 Å². The molecule has 0 radical (unpaired) electrons. The number of carboxylic acid groups (broad SMARTS) is 1. The van der Waals surface area contributed by atoms with Gasteiger partial charge in [0.1, 0.15) is 5.92 Å². The van der Waals surface area contributed by atoms with Gasteiger partial charge in [0.05, 0.1) is 5.56 Å². The van der Waals surface area contributed by atoms with E-state index in [4.69, 9.17) is 5.73 Å². The van der Waals surface area contributed by atoms with Crippen LogP contribution in [0.15, 0.2) is 24.3 Å². The molecule has 24 heavy (non-hydrogen) atoms. The Kier molecular flexibility index (Phi) is 6.45. The van der Waals surface area contributed by atoms with E-state index in [2.05, 4.69) is 0 Å². The van der Waals surface area contributed by atoms with Crippen LogP contribution in [0.1, 0.15) is 24.0 Å². The van der Waals surface area contributed by atoms with Crippen molar-refractivity contribution in [1.29, 1.82) is 0 Å². The van der Waals surface area contributed by atoms with Crippen molar-refractivity contribution in [1.82, 2.24) is 0 Å². The van der Waals surface area contributed by atoms with Gasteiger partial charge in [-0.15, -0.1) is 0 Å². The molecule has 1 aromatic rings. The van der Waals surface area contributed by atoms with Crippen molar-refractivity contribution in [3.63, 3.8) is 0 Å². The summed E-state index contributed by atoms with van der Waals surface area (Å²) >= 11 is 0. The number of hydrogen-bond acceptors (Lipinski definition) is 4. The minimum Gasteiger partial charge on any atom is -0.481 e. The topological polar surface area (TPSA) is 118 Å². The van der Waals surface area contributed by atoms with E-state index in [0.29, 0.717) is 0 Å². The van der Waals surface area contributed by atoms with E-state index in [1.165, 1.54) is 0 Å². The fraction of sp³-hybridized carbons (Fsp3) is 0.429. The molecule has 3 unspecified atom stereocenters. The van der Waals surface area contributed by atoms with E-state index in [-0.39, 0.29) is 18.4 Å². The van der Waals surface area contributed by atoms with E-state index in [9.17, 15) is 37.5 Å². The average molecular weight is 366 g/mol. The van der Waals surface area contributed by atoms with Gasteiger partial charge in [0.2, 0.25) is 5.91 Å². The first-order valence-corrected chi connectivity index (χ1v) is 7.69. The third kappa shape index (κ3) is 5.28. The van der Waals surface area contributed by atoms with E-state index in [1.54, 1.807) is 0 Å². The Hall–Kier alpha value is -1.99. The Labute approximate surface area is 136 Å². The van der Waals surface area contributed by atoms with Crippen molar-refractivity contribution in [2.45, 2.75) is 30.8 Å². The molecular weight excluding hydrogens is 350 g/mol. The standard InChI is InChI=1S/C14H15F3NO5P/c15-14(16,17)9-3-1-8(2-4-9)7-13(22,24-23)10(12(20)21)5-6-11(18)19/h1-4,10,22H,5-7H2,(H2,18,19)(H,20,21)/p+1. The summed E-state index contributed by atoms with van der Waals surface area (Å²) in [6, 6.07) is 3.70. The Morgan fingerprint density at radius 2 is 1.75 bits per heavy atom. The first-order valence-electron chi connectivity index (χ1n) is 6.78. The zero-order valence-electron chi connectivity index (χ0n) is 12.3. The molecule has 0 bridgehead atoms. The van der Waals surface area contributed by atoms with Gasteiger partial charge in [-0.1, -0.05) is 16.7 Å². The summed E-state index contributed by atoms with van der Waals surface area (Å²) < 4.78 is 48.9. The lowest BCUT2D eigenvalue weighted by molar-refractivity contribution is -0.147. The van der Waals surface area contributed by atoms with Crippen LogP contribution < -0.4 is 5.73 Å². The third-order valence-corrected chi connectivity index (χ3v) is 4.36. The van der Waals surface area contributed by atoms with Crippen LogP contribution in [0.2, 0.25) is 0 Å². The van der Waals surface area contributed by atoms with Crippen molar-refractivity contribution in [2.75, 3.05) is 0 Å². The van der Waals surface area contributed by atoms with Crippen LogP contribution in [0.3, 0.4) is 0 Å². The quantitative estimate of drug-likeness (QED) is 0.608. The molecule has 1 amide bonds. The van der Waals surface area contributed by atoms with Crippen LogP contribution in [0.4, 0.5) is 13.2 Å². The number of benzene rings is 1. The minimum absolute atomic E-state index is 0.180. The van der Waals surface area contributed by atoms with Crippen LogP contribution in [0.5, 0.6) is 0 Å². The van der Waals surface area contributed by atoms with Gasteiger partial charge in [-0.2, -0.15) is 13.2 Å². The highest BCUT2D eigenvalue weighted by Crippen LogP contribution is 2.36. The van der Waals surface area contributed by atoms with Crippen LogP contribution in [0, 0.1) is 5.92 Å². The SMILES string of the molecule is NC(=O)CCC(C(=O)O)C(O)(Cc1ccc(C(F)(F)F)cc1)[PH+]=O. The predicted molar refractivity (Wildman–Crippen MR) is 78.7 cm³/mol. The summed E-state index contributed by atoms with van der Waals surface area (Å²) in [6.45, 7) is 0. The molecule has 0 aliphatic heterocycles. The van der Waals surface area contributed by atoms with Gasteiger partial charge in [0.15, 0.2) is 0 Å². The maximum absolute atomic E-state index is 12.5. The highest BCUT2D eigenvalue weighted by molar-refractivity contribution is 7.25. The molecule has 1 aromatic carbocycles. The first kappa shape index (κ1) is 20.1. The second-order valence-electron chi connectivity index (χ2n) is 5.29. The Bertz CT molecular complexity index is 620. The molecule has 0 saturated heterocycles. The maximum Gasteiger partial charge on any atom is 0.416 e. The summed E-state index contributed by atoms with van der Waals surface area (Å²) in [5, 5.41) is 17.4. The lowest BCUT2D eigenvalue weighted by Gasteiger charge is -2.22. The summed E-state index contributed by atoms with van der Waals surface area (Å²) in [4.78, 5) is 22.1. The number of alkyl halides is 3. The molecule has 0 aliphatic carbocycles. The zero-order valence-corrected chi connectivity index (χ0v) is 13.3. The van der Waals surface area contributed by atoms with Crippen molar-refractivity contribution in [2.24, 2.45) is 11.7 Å². The van der Waals surface area contributed by atoms with Crippen molar-refractivity contribution < 1.29 is 37.5 Å². The molecule has 6 nitrogen and oxygen atoms in total. The van der Waals surface area contributed by atoms with Crippen molar-refractivity contribution in [3.8, 4) is 0 Å². The van der Waals surface area contributed by atoms with Crippen LogP contribution in [0.25, 0.3) is 0 Å².